The van der Waals surface area contributed by atoms with Gasteiger partial charge in [-0.3, -0.25) is 0 Å². The molecule has 1 atom stereocenters. The molecule has 0 aromatic carbocycles. The van der Waals surface area contributed by atoms with Gasteiger partial charge in [-0.2, -0.15) is 4.57 Å². The number of nitrogens with zero attached hydrogens (tertiary/aromatic N) is 3. The summed E-state index contributed by atoms with van der Waals surface area (Å²) >= 11 is 1.52. The minimum Gasteiger partial charge on any atom is -1.00 e. The number of nitrogen functional groups attached to an aromatic ring is 1. The summed E-state index contributed by atoms with van der Waals surface area (Å²) in [5.74, 6) is 1.10. The molecule has 0 fully saturated rings. The van der Waals surface area contributed by atoms with E-state index in [1.165, 1.54) is 11.3 Å². The van der Waals surface area contributed by atoms with Crippen molar-refractivity contribution in [3.63, 3.8) is 0 Å². The molecule has 0 radical (unpaired) electrons. The zero-order valence-electron chi connectivity index (χ0n) is 13.3. The molecular weight excluding hydrogens is 359 g/mol. The predicted octanol–water partition coefficient (Wildman–Crippen LogP) is -1.91. The van der Waals surface area contributed by atoms with Gasteiger partial charge in [-0.1, -0.05) is 11.3 Å². The first-order chi connectivity index (χ1) is 9.93. The monoisotopic (exact) mass is 380 g/mol. The average Bonchev–Trinajstić information content (AvgIpc) is 2.71. The number of rotatable bonds is 5. The Labute approximate surface area is 152 Å². The van der Waals surface area contributed by atoms with Crippen LogP contribution in [0.5, 0.6) is 0 Å². The van der Waals surface area contributed by atoms with Crippen molar-refractivity contribution in [2.45, 2.75) is 39.8 Å². The summed E-state index contributed by atoms with van der Waals surface area (Å²) in [5.41, 5.74) is 7.80. The third-order valence-corrected chi connectivity index (χ3v) is 4.86. The van der Waals surface area contributed by atoms with Crippen molar-refractivity contribution in [1.82, 2.24) is 9.97 Å². The topological polar surface area (TPSA) is 96.1 Å². The van der Waals surface area contributed by atoms with Crippen LogP contribution in [0.4, 0.5) is 5.82 Å². The first kappa shape index (κ1) is 22.0. The number of aromatic nitrogens is 3. The Morgan fingerprint density at radius 1 is 1.39 bits per heavy atom. The van der Waals surface area contributed by atoms with Gasteiger partial charge in [0, 0.05) is 26.1 Å². The Hall–Kier alpha value is -0.990. The summed E-state index contributed by atoms with van der Waals surface area (Å²) in [6, 6.07) is 0. The second-order valence-corrected chi connectivity index (χ2v) is 6.13. The van der Waals surface area contributed by atoms with Gasteiger partial charge in [-0.15, -0.1) is 12.4 Å². The molecule has 9 heteroatoms. The Kier molecular flexibility index (Phi) is 8.94. The molecule has 2 heterocycles. The van der Waals surface area contributed by atoms with Gasteiger partial charge in [0.05, 0.1) is 10.4 Å². The van der Waals surface area contributed by atoms with Gasteiger partial charge in [-0.05, 0) is 13.8 Å². The Morgan fingerprint density at radius 2 is 2.04 bits per heavy atom. The molecule has 2 aromatic rings. The number of hydrogen-bond acceptors (Lipinski definition) is 6. The van der Waals surface area contributed by atoms with E-state index in [0.29, 0.717) is 24.6 Å². The van der Waals surface area contributed by atoms with Crippen molar-refractivity contribution in [3.05, 3.63) is 33.2 Å². The lowest BCUT2D eigenvalue weighted by Gasteiger charge is -2.05. The fourth-order valence-corrected chi connectivity index (χ4v) is 3.40. The van der Waals surface area contributed by atoms with E-state index in [1.54, 1.807) is 20.0 Å². The number of aliphatic hydroxyl groups is 2. The molecule has 0 saturated heterocycles. The van der Waals surface area contributed by atoms with Gasteiger partial charge in [-0.25, -0.2) is 9.97 Å². The molecule has 130 valence electrons. The molecule has 0 spiro atoms. The largest absolute Gasteiger partial charge is 1.00 e. The highest BCUT2D eigenvalue weighted by Gasteiger charge is 2.27. The standard InChI is InChI=1S/C14H21N4O2S.2ClH/c1-8-12(4-5-19)21-14(9(2)20)18(8)7-11-6-16-10(3)17-13(11)15;;/h6,9,19-20H,4-5,7H2,1-3H3,(H2,15,16,17);2*1H/q+1;;/p-1. The van der Waals surface area contributed by atoms with Gasteiger partial charge < -0.3 is 28.4 Å². The Bertz CT molecular complexity index is 650. The molecule has 0 saturated carbocycles. The van der Waals surface area contributed by atoms with Crippen molar-refractivity contribution in [2.24, 2.45) is 0 Å². The minimum absolute atomic E-state index is 0. The zero-order chi connectivity index (χ0) is 15.6. The quantitative estimate of drug-likeness (QED) is 0.526. The molecule has 0 bridgehead atoms. The third-order valence-electron chi connectivity index (χ3n) is 3.35. The van der Waals surface area contributed by atoms with Crippen LogP contribution in [0.15, 0.2) is 6.20 Å². The molecule has 1 unspecified atom stereocenters. The van der Waals surface area contributed by atoms with Crippen LogP contribution in [0.2, 0.25) is 0 Å². The summed E-state index contributed by atoms with van der Waals surface area (Å²) in [6.07, 6.45) is 1.73. The van der Waals surface area contributed by atoms with E-state index >= 15 is 0 Å². The lowest BCUT2D eigenvalue weighted by molar-refractivity contribution is -0.699. The summed E-state index contributed by atoms with van der Waals surface area (Å²) in [7, 11) is 0. The highest BCUT2D eigenvalue weighted by Crippen LogP contribution is 2.23. The number of aliphatic hydroxyl groups excluding tert-OH is 2. The maximum absolute atomic E-state index is 9.97. The molecule has 4 N–H and O–H groups in total. The number of hydrogen-bond donors (Lipinski definition) is 3. The molecule has 23 heavy (non-hydrogen) atoms. The fourth-order valence-electron chi connectivity index (χ4n) is 2.22. The Balaban J connectivity index is 0.00000242. The van der Waals surface area contributed by atoms with Crippen molar-refractivity contribution in [2.75, 3.05) is 12.3 Å². The number of thiazole rings is 1. The van der Waals surface area contributed by atoms with Crippen molar-refractivity contribution >= 4 is 29.6 Å². The molecular formula is C14H22Cl2N4O2S. The Morgan fingerprint density at radius 3 is 2.57 bits per heavy atom. The van der Waals surface area contributed by atoms with Crippen LogP contribution in [-0.4, -0.2) is 26.8 Å². The average molecular weight is 381 g/mol. The summed E-state index contributed by atoms with van der Waals surface area (Å²) < 4.78 is 2.02. The number of nitrogens with two attached hydrogens (primary N) is 1. The van der Waals surface area contributed by atoms with Crippen LogP contribution < -0.4 is 22.7 Å². The normalized spacial score (nSPS) is 11.5. The predicted molar refractivity (Wildman–Crippen MR) is 88.2 cm³/mol. The number of aryl methyl sites for hydroxylation is 1. The molecule has 2 rings (SSSR count). The second kappa shape index (κ2) is 9.34. The third kappa shape index (κ3) is 4.99. The van der Waals surface area contributed by atoms with E-state index in [4.69, 9.17) is 10.8 Å². The van der Waals surface area contributed by atoms with E-state index in [2.05, 4.69) is 9.97 Å². The first-order valence-electron chi connectivity index (χ1n) is 6.83. The van der Waals surface area contributed by atoms with Crippen LogP contribution in [0.25, 0.3) is 0 Å². The summed E-state index contributed by atoms with van der Waals surface area (Å²) in [6.45, 7) is 6.12. The SMILES string of the molecule is Cc1ncc(C[n+]2c(C(C)O)sc(CCO)c2C)c(N)n1.Cl.[Cl-]. The first-order valence-corrected chi connectivity index (χ1v) is 7.64. The van der Waals surface area contributed by atoms with Crippen LogP contribution in [-0.2, 0) is 13.0 Å². The second-order valence-electron chi connectivity index (χ2n) is 5.01. The smallest absolute Gasteiger partial charge is 0.266 e. The van der Waals surface area contributed by atoms with Crippen molar-refractivity contribution < 1.29 is 27.2 Å². The maximum Gasteiger partial charge on any atom is 0.266 e. The van der Waals surface area contributed by atoms with E-state index in [1.807, 2.05) is 11.5 Å². The van der Waals surface area contributed by atoms with E-state index < -0.39 is 6.10 Å². The van der Waals surface area contributed by atoms with Crippen molar-refractivity contribution in [1.29, 1.82) is 0 Å². The maximum atomic E-state index is 9.97. The number of halogens is 2. The van der Waals surface area contributed by atoms with Gasteiger partial charge in [0.1, 0.15) is 17.7 Å². The molecule has 6 nitrogen and oxygen atoms in total. The zero-order valence-corrected chi connectivity index (χ0v) is 15.7. The van der Waals surface area contributed by atoms with Crippen LogP contribution in [0.1, 0.15) is 40.0 Å². The molecule has 0 aliphatic rings. The lowest BCUT2D eigenvalue weighted by atomic mass is 10.2. The van der Waals surface area contributed by atoms with Crippen LogP contribution >= 0.6 is 23.7 Å². The molecule has 0 amide bonds. The highest BCUT2D eigenvalue weighted by atomic mass is 35.5. The van der Waals surface area contributed by atoms with E-state index in [0.717, 1.165) is 21.1 Å². The lowest BCUT2D eigenvalue weighted by Crippen LogP contribution is -3.00. The molecule has 0 aliphatic heterocycles. The van der Waals surface area contributed by atoms with E-state index in [-0.39, 0.29) is 31.4 Å². The molecule has 2 aromatic heterocycles. The number of anilines is 1. The van der Waals surface area contributed by atoms with Gasteiger partial charge in [0.15, 0.2) is 12.2 Å². The van der Waals surface area contributed by atoms with Crippen LogP contribution in [0.3, 0.4) is 0 Å². The molecule has 0 aliphatic carbocycles. The van der Waals surface area contributed by atoms with Gasteiger partial charge in [0.25, 0.3) is 5.01 Å². The van der Waals surface area contributed by atoms with Gasteiger partial charge in [0.2, 0.25) is 0 Å². The summed E-state index contributed by atoms with van der Waals surface area (Å²) in [5, 5.41) is 20.0. The van der Waals surface area contributed by atoms with Crippen molar-refractivity contribution in [3.8, 4) is 0 Å². The highest BCUT2D eigenvalue weighted by molar-refractivity contribution is 7.11. The van der Waals surface area contributed by atoms with Gasteiger partial charge >= 0.3 is 0 Å². The fraction of sp³-hybridized carbons (Fsp3) is 0.500. The minimum atomic E-state index is -0.575. The van der Waals surface area contributed by atoms with Crippen LogP contribution in [0, 0.1) is 13.8 Å². The van der Waals surface area contributed by atoms with E-state index in [9.17, 15) is 5.11 Å². The summed E-state index contributed by atoms with van der Waals surface area (Å²) in [4.78, 5) is 9.42.